The summed E-state index contributed by atoms with van der Waals surface area (Å²) in [7, 11) is 1.71. The van der Waals surface area contributed by atoms with Gasteiger partial charge in [-0.3, -0.25) is 0 Å². The Bertz CT molecular complexity index is 121. The maximum Gasteiger partial charge on any atom is 0.0928 e. The number of nitrogens with two attached hydrogens (primary N) is 1. The molecule has 0 aromatic heterocycles. The van der Waals surface area contributed by atoms with Gasteiger partial charge in [0, 0.05) is 13.0 Å². The first-order valence-corrected chi connectivity index (χ1v) is 4.78. The molecule has 0 aliphatic rings. The summed E-state index contributed by atoms with van der Waals surface area (Å²) in [5.41, 5.74) is 5.38. The highest BCUT2D eigenvalue weighted by Crippen LogP contribution is 2.09. The van der Waals surface area contributed by atoms with Crippen LogP contribution in [0.1, 0.15) is 39.0 Å². The van der Waals surface area contributed by atoms with Crippen molar-refractivity contribution in [2.45, 2.75) is 39.0 Å². The molecular formula is C10H21NO. The monoisotopic (exact) mass is 171 g/mol. The topological polar surface area (TPSA) is 35.2 Å². The van der Waals surface area contributed by atoms with Gasteiger partial charge in [0.1, 0.15) is 0 Å². The number of ether oxygens (including phenoxy) is 1. The van der Waals surface area contributed by atoms with Gasteiger partial charge < -0.3 is 10.5 Å². The van der Waals surface area contributed by atoms with E-state index in [4.69, 9.17) is 10.5 Å². The van der Waals surface area contributed by atoms with E-state index < -0.39 is 0 Å². The van der Waals surface area contributed by atoms with Crippen LogP contribution in [-0.2, 0) is 4.74 Å². The number of hydrogen-bond donors (Lipinski definition) is 1. The van der Waals surface area contributed by atoms with Gasteiger partial charge in [-0.1, -0.05) is 26.2 Å². The fourth-order valence-electron chi connectivity index (χ4n) is 1.14. The van der Waals surface area contributed by atoms with Crippen molar-refractivity contribution in [3.63, 3.8) is 0 Å². The predicted octanol–water partition coefficient (Wildman–Crippen LogP) is 2.45. The average molecular weight is 171 g/mol. The number of allylic oxidation sites excluding steroid dienone is 1. The number of unbranched alkanes of at least 4 members (excludes halogenated alkanes) is 3. The van der Waals surface area contributed by atoms with E-state index in [9.17, 15) is 0 Å². The van der Waals surface area contributed by atoms with Crippen molar-refractivity contribution in [1.82, 2.24) is 0 Å². The molecule has 0 fully saturated rings. The Morgan fingerprint density at radius 1 is 1.33 bits per heavy atom. The third-order valence-electron chi connectivity index (χ3n) is 1.88. The maximum absolute atomic E-state index is 5.38. The molecular weight excluding hydrogens is 150 g/mol. The number of rotatable bonds is 7. The normalized spacial score (nSPS) is 11.8. The van der Waals surface area contributed by atoms with E-state index in [1.54, 1.807) is 7.11 Å². The summed E-state index contributed by atoms with van der Waals surface area (Å²) in [5.74, 6) is 1.04. The summed E-state index contributed by atoms with van der Waals surface area (Å²) < 4.78 is 5.15. The minimum atomic E-state index is 0.580. The standard InChI is InChI=1S/C10H21NO/c1-3-4-5-6-7-10(12-2)8-9-11/h8H,3-7,9,11H2,1-2H3/b10-8+. The summed E-state index contributed by atoms with van der Waals surface area (Å²) in [5, 5.41) is 0. The minimum absolute atomic E-state index is 0.580. The lowest BCUT2D eigenvalue weighted by Crippen LogP contribution is -1.97. The third-order valence-corrected chi connectivity index (χ3v) is 1.88. The highest BCUT2D eigenvalue weighted by Gasteiger charge is 1.94. The predicted molar refractivity (Wildman–Crippen MR) is 52.9 cm³/mol. The fraction of sp³-hybridized carbons (Fsp3) is 0.800. The van der Waals surface area contributed by atoms with Crippen molar-refractivity contribution in [3.05, 3.63) is 11.8 Å². The van der Waals surface area contributed by atoms with Crippen LogP contribution < -0.4 is 5.73 Å². The highest BCUT2D eigenvalue weighted by molar-refractivity contribution is 4.93. The van der Waals surface area contributed by atoms with Gasteiger partial charge in [-0.25, -0.2) is 0 Å². The number of methoxy groups -OCH3 is 1. The maximum atomic E-state index is 5.38. The molecule has 0 bridgehead atoms. The molecule has 0 rings (SSSR count). The molecule has 2 nitrogen and oxygen atoms in total. The first-order valence-electron chi connectivity index (χ1n) is 4.78. The quantitative estimate of drug-likeness (QED) is 0.471. The molecule has 0 aromatic carbocycles. The van der Waals surface area contributed by atoms with Crippen molar-refractivity contribution < 1.29 is 4.74 Å². The molecule has 0 aliphatic carbocycles. The molecule has 2 N–H and O–H groups in total. The van der Waals surface area contributed by atoms with Crippen molar-refractivity contribution in [1.29, 1.82) is 0 Å². The van der Waals surface area contributed by atoms with Crippen LogP contribution in [-0.4, -0.2) is 13.7 Å². The van der Waals surface area contributed by atoms with Gasteiger partial charge >= 0.3 is 0 Å². The second kappa shape index (κ2) is 8.60. The van der Waals surface area contributed by atoms with Gasteiger partial charge in [0.05, 0.1) is 12.9 Å². The first kappa shape index (κ1) is 11.5. The lowest BCUT2D eigenvalue weighted by atomic mass is 10.1. The Morgan fingerprint density at radius 3 is 2.58 bits per heavy atom. The van der Waals surface area contributed by atoms with Crippen molar-refractivity contribution in [2.75, 3.05) is 13.7 Å². The summed E-state index contributed by atoms with van der Waals surface area (Å²) in [6.07, 6.45) is 8.09. The highest BCUT2D eigenvalue weighted by atomic mass is 16.5. The Hall–Kier alpha value is -0.500. The first-order chi connectivity index (χ1) is 5.85. The largest absolute Gasteiger partial charge is 0.501 e. The second-order valence-corrected chi connectivity index (χ2v) is 2.92. The summed E-state index contributed by atoms with van der Waals surface area (Å²) >= 11 is 0. The molecule has 0 aromatic rings. The SMILES string of the molecule is CCCCCC/C(=C\CN)OC. The van der Waals surface area contributed by atoms with E-state index >= 15 is 0 Å². The van der Waals surface area contributed by atoms with Gasteiger partial charge in [0.2, 0.25) is 0 Å². The zero-order chi connectivity index (χ0) is 9.23. The van der Waals surface area contributed by atoms with Gasteiger partial charge in [0.25, 0.3) is 0 Å². The molecule has 12 heavy (non-hydrogen) atoms. The van der Waals surface area contributed by atoms with E-state index in [0.29, 0.717) is 6.54 Å². The van der Waals surface area contributed by atoms with Crippen LogP contribution in [0.25, 0.3) is 0 Å². The molecule has 0 heterocycles. The van der Waals surface area contributed by atoms with Crippen molar-refractivity contribution >= 4 is 0 Å². The fourth-order valence-corrected chi connectivity index (χ4v) is 1.14. The molecule has 0 atom stereocenters. The lowest BCUT2D eigenvalue weighted by molar-refractivity contribution is 0.272. The van der Waals surface area contributed by atoms with Crippen molar-refractivity contribution in [2.24, 2.45) is 5.73 Å². The molecule has 0 aliphatic heterocycles. The molecule has 0 saturated carbocycles. The van der Waals surface area contributed by atoms with E-state index in [1.807, 2.05) is 6.08 Å². The Balaban J connectivity index is 3.38. The average Bonchev–Trinajstić information content (AvgIpc) is 2.10. The zero-order valence-electron chi connectivity index (χ0n) is 8.31. The molecule has 2 heteroatoms. The van der Waals surface area contributed by atoms with E-state index in [-0.39, 0.29) is 0 Å². The van der Waals surface area contributed by atoms with Crippen molar-refractivity contribution in [3.8, 4) is 0 Å². The summed E-state index contributed by atoms with van der Waals surface area (Å²) in [6.45, 7) is 2.80. The smallest absolute Gasteiger partial charge is 0.0928 e. The zero-order valence-corrected chi connectivity index (χ0v) is 8.31. The van der Waals surface area contributed by atoms with Crippen LogP contribution in [0, 0.1) is 0 Å². The molecule has 0 radical (unpaired) electrons. The molecule has 0 amide bonds. The van der Waals surface area contributed by atoms with Crippen LogP contribution in [0.3, 0.4) is 0 Å². The van der Waals surface area contributed by atoms with Crippen LogP contribution in [0.5, 0.6) is 0 Å². The van der Waals surface area contributed by atoms with Crippen LogP contribution in [0.2, 0.25) is 0 Å². The minimum Gasteiger partial charge on any atom is -0.501 e. The molecule has 72 valence electrons. The van der Waals surface area contributed by atoms with Gasteiger partial charge in [-0.05, 0) is 12.5 Å². The molecule has 0 spiro atoms. The molecule has 0 saturated heterocycles. The van der Waals surface area contributed by atoms with E-state index in [1.165, 1.54) is 25.7 Å². The van der Waals surface area contributed by atoms with Gasteiger partial charge in [-0.15, -0.1) is 0 Å². The third kappa shape index (κ3) is 6.23. The van der Waals surface area contributed by atoms with E-state index in [0.717, 1.165) is 12.2 Å². The van der Waals surface area contributed by atoms with Crippen LogP contribution in [0.15, 0.2) is 11.8 Å². The van der Waals surface area contributed by atoms with Gasteiger partial charge in [-0.2, -0.15) is 0 Å². The number of hydrogen-bond acceptors (Lipinski definition) is 2. The second-order valence-electron chi connectivity index (χ2n) is 2.92. The summed E-state index contributed by atoms with van der Waals surface area (Å²) in [4.78, 5) is 0. The Labute approximate surface area is 75.8 Å². The van der Waals surface area contributed by atoms with E-state index in [2.05, 4.69) is 6.92 Å². The van der Waals surface area contributed by atoms with Crippen LogP contribution >= 0.6 is 0 Å². The summed E-state index contributed by atoms with van der Waals surface area (Å²) in [6, 6.07) is 0. The lowest BCUT2D eigenvalue weighted by Gasteiger charge is -2.04. The Morgan fingerprint density at radius 2 is 2.08 bits per heavy atom. The van der Waals surface area contributed by atoms with Crippen LogP contribution in [0.4, 0.5) is 0 Å². The Kier molecular flexibility index (Phi) is 8.24. The van der Waals surface area contributed by atoms with Gasteiger partial charge in [0.15, 0.2) is 0 Å². The molecule has 0 unspecified atom stereocenters.